The Morgan fingerprint density at radius 2 is 2.11 bits per heavy atom. The van der Waals surface area contributed by atoms with Crippen molar-refractivity contribution in [2.45, 2.75) is 32.7 Å². The second kappa shape index (κ2) is 6.92. The molecule has 1 rings (SSSR count). The van der Waals surface area contributed by atoms with E-state index in [1.165, 1.54) is 0 Å². The van der Waals surface area contributed by atoms with Gasteiger partial charge in [-0.1, -0.05) is 0 Å². The van der Waals surface area contributed by atoms with Crippen LogP contribution in [0.5, 0.6) is 0 Å². The standard InChI is InChI=1S/C12H19BrN2O3/c1-5-15-7-9(13)6-10(15)11(16)14-8(2)12(17-3)18-4/h6-8,12H,5H2,1-4H3,(H,14,16). The van der Waals surface area contributed by atoms with Crippen LogP contribution >= 0.6 is 15.9 Å². The SMILES string of the molecule is CCn1cc(Br)cc1C(=O)NC(C)C(OC)OC. The molecule has 1 aromatic rings. The van der Waals surface area contributed by atoms with Crippen LogP contribution in [-0.4, -0.2) is 37.0 Å². The summed E-state index contributed by atoms with van der Waals surface area (Å²) in [5, 5.41) is 2.86. The lowest BCUT2D eigenvalue weighted by atomic mass is 10.3. The van der Waals surface area contributed by atoms with Crippen molar-refractivity contribution in [3.8, 4) is 0 Å². The molecule has 5 nitrogen and oxygen atoms in total. The Labute approximate surface area is 116 Å². The Hall–Kier alpha value is -0.850. The number of hydrogen-bond acceptors (Lipinski definition) is 3. The fraction of sp³-hybridized carbons (Fsp3) is 0.583. The summed E-state index contributed by atoms with van der Waals surface area (Å²) in [5.41, 5.74) is 0.613. The molecule has 102 valence electrons. The second-order valence-corrected chi connectivity index (χ2v) is 4.85. The summed E-state index contributed by atoms with van der Waals surface area (Å²) in [4.78, 5) is 12.1. The van der Waals surface area contributed by atoms with Gasteiger partial charge in [0.25, 0.3) is 5.91 Å². The Morgan fingerprint density at radius 1 is 1.50 bits per heavy atom. The van der Waals surface area contributed by atoms with Gasteiger partial charge in [0.05, 0.1) is 6.04 Å². The third-order valence-corrected chi connectivity index (χ3v) is 3.10. The number of amides is 1. The molecule has 0 aromatic carbocycles. The van der Waals surface area contributed by atoms with E-state index in [-0.39, 0.29) is 11.9 Å². The van der Waals surface area contributed by atoms with Gasteiger partial charge in [-0.3, -0.25) is 4.79 Å². The number of ether oxygens (including phenoxy) is 2. The van der Waals surface area contributed by atoms with Crippen LogP contribution in [-0.2, 0) is 16.0 Å². The highest BCUT2D eigenvalue weighted by molar-refractivity contribution is 9.10. The van der Waals surface area contributed by atoms with Crippen LogP contribution in [0.2, 0.25) is 0 Å². The van der Waals surface area contributed by atoms with Gasteiger partial charge in [-0.2, -0.15) is 0 Å². The molecule has 18 heavy (non-hydrogen) atoms. The zero-order chi connectivity index (χ0) is 13.7. The molecule has 0 aliphatic heterocycles. The molecule has 6 heteroatoms. The van der Waals surface area contributed by atoms with E-state index in [0.29, 0.717) is 5.69 Å². The lowest BCUT2D eigenvalue weighted by Crippen LogP contribution is -2.43. The molecule has 0 saturated carbocycles. The van der Waals surface area contributed by atoms with E-state index in [1.807, 2.05) is 24.6 Å². The highest BCUT2D eigenvalue weighted by Gasteiger charge is 2.20. The van der Waals surface area contributed by atoms with Crippen LogP contribution in [0, 0.1) is 0 Å². The fourth-order valence-corrected chi connectivity index (χ4v) is 2.24. The Morgan fingerprint density at radius 3 is 2.61 bits per heavy atom. The molecule has 1 N–H and O–H groups in total. The molecule has 0 spiro atoms. The van der Waals surface area contributed by atoms with Crippen molar-refractivity contribution in [1.29, 1.82) is 0 Å². The number of carbonyl (C=O) groups is 1. The summed E-state index contributed by atoms with van der Waals surface area (Å²) in [7, 11) is 3.09. The summed E-state index contributed by atoms with van der Waals surface area (Å²) in [6.07, 6.45) is 1.42. The van der Waals surface area contributed by atoms with E-state index in [2.05, 4.69) is 21.2 Å². The lowest BCUT2D eigenvalue weighted by molar-refractivity contribution is -0.117. The van der Waals surface area contributed by atoms with Gasteiger partial charge in [0.2, 0.25) is 0 Å². The van der Waals surface area contributed by atoms with Gasteiger partial charge >= 0.3 is 0 Å². The Balaban J connectivity index is 2.75. The van der Waals surface area contributed by atoms with Crippen molar-refractivity contribution >= 4 is 21.8 Å². The Kier molecular flexibility index (Phi) is 5.84. The van der Waals surface area contributed by atoms with Crippen LogP contribution in [0.3, 0.4) is 0 Å². The quantitative estimate of drug-likeness (QED) is 0.816. The van der Waals surface area contributed by atoms with Gasteiger partial charge in [0.15, 0.2) is 6.29 Å². The van der Waals surface area contributed by atoms with Gasteiger partial charge < -0.3 is 19.4 Å². The fourth-order valence-electron chi connectivity index (χ4n) is 1.78. The third-order valence-electron chi connectivity index (χ3n) is 2.67. The molecule has 1 amide bonds. The molecule has 0 aliphatic rings. The zero-order valence-corrected chi connectivity index (χ0v) is 12.7. The van der Waals surface area contributed by atoms with Crippen molar-refractivity contribution in [2.75, 3.05) is 14.2 Å². The molecule has 1 heterocycles. The van der Waals surface area contributed by atoms with Crippen LogP contribution in [0.15, 0.2) is 16.7 Å². The highest BCUT2D eigenvalue weighted by atomic mass is 79.9. The van der Waals surface area contributed by atoms with E-state index >= 15 is 0 Å². The summed E-state index contributed by atoms with van der Waals surface area (Å²) >= 11 is 3.36. The molecule has 0 saturated heterocycles. The minimum atomic E-state index is -0.456. The van der Waals surface area contributed by atoms with Crippen LogP contribution in [0.1, 0.15) is 24.3 Å². The first kappa shape index (κ1) is 15.2. The van der Waals surface area contributed by atoms with Crippen LogP contribution in [0.25, 0.3) is 0 Å². The first-order valence-electron chi connectivity index (χ1n) is 5.75. The van der Waals surface area contributed by atoms with Crippen molar-refractivity contribution < 1.29 is 14.3 Å². The number of nitrogens with one attached hydrogen (secondary N) is 1. The average Bonchev–Trinajstić information content (AvgIpc) is 2.72. The van der Waals surface area contributed by atoms with E-state index in [4.69, 9.17) is 9.47 Å². The molecule has 0 fully saturated rings. The number of rotatable bonds is 6. The van der Waals surface area contributed by atoms with Crippen molar-refractivity contribution in [1.82, 2.24) is 9.88 Å². The van der Waals surface area contributed by atoms with E-state index in [9.17, 15) is 4.79 Å². The molecule has 1 aromatic heterocycles. The van der Waals surface area contributed by atoms with Crippen molar-refractivity contribution in [3.05, 3.63) is 22.4 Å². The first-order chi connectivity index (χ1) is 8.53. The number of aromatic nitrogens is 1. The van der Waals surface area contributed by atoms with Crippen molar-refractivity contribution in [3.63, 3.8) is 0 Å². The van der Waals surface area contributed by atoms with Crippen LogP contribution < -0.4 is 5.32 Å². The van der Waals surface area contributed by atoms with E-state index < -0.39 is 6.29 Å². The Bertz CT molecular complexity index is 402. The van der Waals surface area contributed by atoms with Gasteiger partial charge in [-0.15, -0.1) is 0 Å². The summed E-state index contributed by atoms with van der Waals surface area (Å²) in [6.45, 7) is 4.56. The largest absolute Gasteiger partial charge is 0.354 e. The maximum Gasteiger partial charge on any atom is 0.268 e. The molecular weight excluding hydrogens is 300 g/mol. The second-order valence-electron chi connectivity index (χ2n) is 3.93. The zero-order valence-electron chi connectivity index (χ0n) is 11.1. The van der Waals surface area contributed by atoms with Gasteiger partial charge in [0, 0.05) is 31.4 Å². The van der Waals surface area contributed by atoms with Gasteiger partial charge in [0.1, 0.15) is 5.69 Å². The predicted molar refractivity (Wildman–Crippen MR) is 72.5 cm³/mol. The number of nitrogens with zero attached hydrogens (tertiary/aromatic N) is 1. The maximum absolute atomic E-state index is 12.1. The number of aryl methyl sites for hydroxylation is 1. The number of halogens is 1. The number of methoxy groups -OCH3 is 2. The topological polar surface area (TPSA) is 52.5 Å². The van der Waals surface area contributed by atoms with E-state index in [1.54, 1.807) is 20.3 Å². The van der Waals surface area contributed by atoms with Gasteiger partial charge in [-0.25, -0.2) is 0 Å². The molecule has 0 aliphatic carbocycles. The summed E-state index contributed by atoms with van der Waals surface area (Å²) < 4.78 is 13.0. The normalized spacial score (nSPS) is 12.8. The minimum Gasteiger partial charge on any atom is -0.354 e. The monoisotopic (exact) mass is 318 g/mol. The highest BCUT2D eigenvalue weighted by Crippen LogP contribution is 2.15. The lowest BCUT2D eigenvalue weighted by Gasteiger charge is -2.22. The predicted octanol–water partition coefficient (Wildman–Crippen LogP) is 2.01. The van der Waals surface area contributed by atoms with Crippen molar-refractivity contribution in [2.24, 2.45) is 0 Å². The number of hydrogen-bond donors (Lipinski definition) is 1. The van der Waals surface area contributed by atoms with E-state index in [0.717, 1.165) is 11.0 Å². The first-order valence-corrected chi connectivity index (χ1v) is 6.54. The van der Waals surface area contributed by atoms with Crippen LogP contribution in [0.4, 0.5) is 0 Å². The molecular formula is C12H19BrN2O3. The average molecular weight is 319 g/mol. The molecule has 1 atom stereocenters. The molecule has 1 unspecified atom stereocenters. The summed E-state index contributed by atoms with van der Waals surface area (Å²) in [5.74, 6) is -0.144. The summed E-state index contributed by atoms with van der Waals surface area (Å²) in [6, 6.07) is 1.56. The third kappa shape index (κ3) is 3.57. The molecule has 0 bridgehead atoms. The minimum absolute atomic E-state index is 0.144. The number of carbonyl (C=O) groups excluding carboxylic acids is 1. The molecule has 0 radical (unpaired) electrons. The van der Waals surface area contributed by atoms with Gasteiger partial charge in [-0.05, 0) is 35.8 Å². The maximum atomic E-state index is 12.1. The smallest absolute Gasteiger partial charge is 0.268 e.